The number of carbonyl (C=O) groups excluding carboxylic acids is 1. The maximum Gasteiger partial charge on any atom is 0.269 e. The molecule has 1 unspecified atom stereocenters. The summed E-state index contributed by atoms with van der Waals surface area (Å²) >= 11 is 0. The largest absolute Gasteiger partial charge is 0.391 e. The van der Waals surface area contributed by atoms with Crippen molar-refractivity contribution >= 4 is 5.91 Å². The Morgan fingerprint density at radius 2 is 2.38 bits per heavy atom. The lowest BCUT2D eigenvalue weighted by molar-refractivity contribution is 0.0896. The van der Waals surface area contributed by atoms with Crippen molar-refractivity contribution in [2.75, 3.05) is 6.54 Å². The second-order valence-electron chi connectivity index (χ2n) is 3.98. The smallest absolute Gasteiger partial charge is 0.269 e. The summed E-state index contributed by atoms with van der Waals surface area (Å²) in [5, 5.41) is 12.1. The van der Waals surface area contributed by atoms with Crippen molar-refractivity contribution in [3.05, 3.63) is 29.8 Å². The van der Waals surface area contributed by atoms with Crippen LogP contribution in [0.1, 0.15) is 23.3 Å². The molecule has 0 radical (unpaired) electrons. The molecule has 2 rings (SSSR count). The predicted molar refractivity (Wildman–Crippen MR) is 55.3 cm³/mol. The number of hydrogen-bond acceptors (Lipinski definition) is 3. The van der Waals surface area contributed by atoms with Crippen LogP contribution in [-0.4, -0.2) is 28.6 Å². The number of carbonyl (C=O) groups is 1. The van der Waals surface area contributed by atoms with Gasteiger partial charge in [-0.1, -0.05) is 0 Å². The first-order valence-corrected chi connectivity index (χ1v) is 5.24. The minimum Gasteiger partial charge on any atom is -0.391 e. The summed E-state index contributed by atoms with van der Waals surface area (Å²) in [6.45, 7) is 0.225. The van der Waals surface area contributed by atoms with Gasteiger partial charge in [-0.05, 0) is 30.9 Å². The van der Waals surface area contributed by atoms with Crippen LogP contribution in [0.4, 0.5) is 4.39 Å². The highest BCUT2D eigenvalue weighted by Crippen LogP contribution is 2.32. The predicted octanol–water partition coefficient (Wildman–Crippen LogP) is 0.721. The molecule has 16 heavy (non-hydrogen) atoms. The molecule has 0 spiro atoms. The molecule has 1 atom stereocenters. The van der Waals surface area contributed by atoms with Crippen LogP contribution in [0.5, 0.6) is 0 Å². The summed E-state index contributed by atoms with van der Waals surface area (Å²) in [7, 11) is 0. The van der Waals surface area contributed by atoms with E-state index in [0.717, 1.165) is 19.0 Å². The molecule has 1 amide bonds. The number of hydrogen-bond donors (Lipinski definition) is 2. The maximum absolute atomic E-state index is 12.5. The van der Waals surface area contributed by atoms with E-state index in [1.807, 2.05) is 0 Å². The molecule has 0 aliphatic heterocycles. The van der Waals surface area contributed by atoms with Crippen LogP contribution < -0.4 is 5.32 Å². The molecule has 1 aliphatic carbocycles. The zero-order chi connectivity index (χ0) is 11.5. The highest BCUT2D eigenvalue weighted by molar-refractivity contribution is 5.92. The summed E-state index contributed by atoms with van der Waals surface area (Å²) in [5.74, 6) is -0.546. The summed E-state index contributed by atoms with van der Waals surface area (Å²) in [6.07, 6.45) is 2.55. The van der Waals surface area contributed by atoms with Crippen LogP contribution in [0, 0.1) is 11.7 Å². The minimum absolute atomic E-state index is 0.157. The molecule has 1 fully saturated rings. The lowest BCUT2D eigenvalue weighted by Gasteiger charge is -2.09. The number of pyridine rings is 1. The standard InChI is InChI=1S/C11H13FN2O2/c12-8-3-4-9(13-5-8)11(16)14-6-10(15)7-1-2-7/h3-5,7,10,15H,1-2,6H2,(H,14,16). The Morgan fingerprint density at radius 3 is 2.94 bits per heavy atom. The van der Waals surface area contributed by atoms with Gasteiger partial charge in [0.2, 0.25) is 0 Å². The average Bonchev–Trinajstić information content (AvgIpc) is 3.10. The van der Waals surface area contributed by atoms with Crippen molar-refractivity contribution in [3.63, 3.8) is 0 Å². The number of halogens is 1. The molecule has 1 aromatic heterocycles. The van der Waals surface area contributed by atoms with Crippen molar-refractivity contribution < 1.29 is 14.3 Å². The third kappa shape index (κ3) is 2.76. The number of amides is 1. The van der Waals surface area contributed by atoms with E-state index in [2.05, 4.69) is 10.3 Å². The van der Waals surface area contributed by atoms with E-state index >= 15 is 0 Å². The van der Waals surface area contributed by atoms with E-state index in [9.17, 15) is 14.3 Å². The number of nitrogens with zero attached hydrogens (tertiary/aromatic N) is 1. The molecule has 86 valence electrons. The molecule has 0 aromatic carbocycles. The Morgan fingerprint density at radius 1 is 1.62 bits per heavy atom. The topological polar surface area (TPSA) is 62.2 Å². The van der Waals surface area contributed by atoms with Crippen LogP contribution in [0.25, 0.3) is 0 Å². The Kier molecular flexibility index (Phi) is 3.14. The van der Waals surface area contributed by atoms with E-state index in [-0.39, 0.29) is 18.1 Å². The Labute approximate surface area is 92.5 Å². The van der Waals surface area contributed by atoms with Gasteiger partial charge in [0, 0.05) is 6.54 Å². The fraction of sp³-hybridized carbons (Fsp3) is 0.455. The third-order valence-electron chi connectivity index (χ3n) is 2.60. The quantitative estimate of drug-likeness (QED) is 0.792. The molecule has 2 N–H and O–H groups in total. The average molecular weight is 224 g/mol. The van der Waals surface area contributed by atoms with Gasteiger partial charge in [0.15, 0.2) is 0 Å². The van der Waals surface area contributed by atoms with Crippen LogP contribution in [0.3, 0.4) is 0 Å². The van der Waals surface area contributed by atoms with Crippen molar-refractivity contribution in [2.45, 2.75) is 18.9 Å². The van der Waals surface area contributed by atoms with Crippen LogP contribution in [0.15, 0.2) is 18.3 Å². The van der Waals surface area contributed by atoms with Gasteiger partial charge >= 0.3 is 0 Å². The van der Waals surface area contributed by atoms with E-state index in [0.29, 0.717) is 5.92 Å². The zero-order valence-corrected chi connectivity index (χ0v) is 8.69. The van der Waals surface area contributed by atoms with Gasteiger partial charge in [-0.2, -0.15) is 0 Å². The van der Waals surface area contributed by atoms with E-state index in [1.165, 1.54) is 12.1 Å². The molecule has 1 saturated carbocycles. The molecule has 5 heteroatoms. The van der Waals surface area contributed by atoms with Crippen LogP contribution in [0.2, 0.25) is 0 Å². The number of aliphatic hydroxyl groups is 1. The summed E-state index contributed by atoms with van der Waals surface area (Å²) in [6, 6.07) is 2.49. The van der Waals surface area contributed by atoms with Gasteiger partial charge in [0.05, 0.1) is 12.3 Å². The minimum atomic E-state index is -0.482. The van der Waals surface area contributed by atoms with Crippen molar-refractivity contribution in [1.29, 1.82) is 0 Å². The number of aliphatic hydroxyl groups excluding tert-OH is 1. The highest BCUT2D eigenvalue weighted by Gasteiger charge is 2.29. The molecule has 4 nitrogen and oxygen atoms in total. The Hall–Kier alpha value is -1.49. The van der Waals surface area contributed by atoms with Gasteiger partial charge in [-0.15, -0.1) is 0 Å². The van der Waals surface area contributed by atoms with Crippen molar-refractivity contribution in [2.24, 2.45) is 5.92 Å². The Bertz CT molecular complexity index is 376. The van der Waals surface area contributed by atoms with Gasteiger partial charge in [0.25, 0.3) is 5.91 Å². The van der Waals surface area contributed by atoms with Crippen LogP contribution >= 0.6 is 0 Å². The van der Waals surface area contributed by atoms with Crippen LogP contribution in [-0.2, 0) is 0 Å². The molecule has 1 heterocycles. The highest BCUT2D eigenvalue weighted by atomic mass is 19.1. The maximum atomic E-state index is 12.5. The fourth-order valence-electron chi connectivity index (χ4n) is 1.45. The fourth-order valence-corrected chi connectivity index (χ4v) is 1.45. The summed E-state index contributed by atoms with van der Waals surface area (Å²) < 4.78 is 12.5. The number of rotatable bonds is 4. The summed E-state index contributed by atoms with van der Waals surface area (Å²) in [5.41, 5.74) is 0.157. The lowest BCUT2D eigenvalue weighted by atomic mass is 10.2. The van der Waals surface area contributed by atoms with E-state index < -0.39 is 11.9 Å². The van der Waals surface area contributed by atoms with Crippen molar-refractivity contribution in [1.82, 2.24) is 10.3 Å². The molecule has 1 aliphatic rings. The molecular weight excluding hydrogens is 211 g/mol. The normalized spacial score (nSPS) is 16.9. The first kappa shape index (κ1) is 11.0. The zero-order valence-electron chi connectivity index (χ0n) is 8.69. The monoisotopic (exact) mass is 224 g/mol. The summed E-state index contributed by atoms with van der Waals surface area (Å²) in [4.78, 5) is 15.1. The van der Waals surface area contributed by atoms with Crippen molar-refractivity contribution in [3.8, 4) is 0 Å². The van der Waals surface area contributed by atoms with Gasteiger partial charge in [-0.3, -0.25) is 4.79 Å². The van der Waals surface area contributed by atoms with Gasteiger partial charge in [0.1, 0.15) is 11.5 Å². The first-order valence-electron chi connectivity index (χ1n) is 5.24. The third-order valence-corrected chi connectivity index (χ3v) is 2.60. The molecule has 0 bridgehead atoms. The lowest BCUT2D eigenvalue weighted by Crippen LogP contribution is -2.33. The van der Waals surface area contributed by atoms with E-state index in [4.69, 9.17) is 0 Å². The second-order valence-corrected chi connectivity index (χ2v) is 3.98. The second kappa shape index (κ2) is 4.57. The Balaban J connectivity index is 1.85. The SMILES string of the molecule is O=C(NCC(O)C1CC1)c1ccc(F)cn1. The molecular formula is C11H13FN2O2. The molecule has 1 aromatic rings. The van der Waals surface area contributed by atoms with E-state index in [1.54, 1.807) is 0 Å². The van der Waals surface area contributed by atoms with Gasteiger partial charge in [-0.25, -0.2) is 9.37 Å². The first-order chi connectivity index (χ1) is 7.66. The number of nitrogens with one attached hydrogen (secondary N) is 1. The van der Waals surface area contributed by atoms with Gasteiger partial charge < -0.3 is 10.4 Å². The number of aromatic nitrogens is 1. The molecule has 0 saturated heterocycles.